The standard InChI is InChI=1S/C18H14N4O2S2/c1-10-14(17(25-2)21-15(19-10)12-7-5-9-24-12)16(23)22-18-20-11-6-3-4-8-13(11)26-18/h3-9H,1-2H3,(H,20,22,23). The van der Waals surface area contributed by atoms with E-state index in [1.807, 2.05) is 30.5 Å². The van der Waals surface area contributed by atoms with E-state index in [0.717, 1.165) is 10.2 Å². The van der Waals surface area contributed by atoms with Crippen molar-refractivity contribution in [2.24, 2.45) is 0 Å². The summed E-state index contributed by atoms with van der Waals surface area (Å²) in [5.41, 5.74) is 1.90. The van der Waals surface area contributed by atoms with Gasteiger partial charge < -0.3 is 4.42 Å². The summed E-state index contributed by atoms with van der Waals surface area (Å²) in [6.07, 6.45) is 3.45. The number of amides is 1. The number of anilines is 1. The Morgan fingerprint density at radius 3 is 2.73 bits per heavy atom. The van der Waals surface area contributed by atoms with E-state index in [0.29, 0.717) is 33.0 Å². The number of hydrogen-bond acceptors (Lipinski definition) is 7. The van der Waals surface area contributed by atoms with Gasteiger partial charge in [0.15, 0.2) is 16.7 Å². The normalized spacial score (nSPS) is 11.0. The largest absolute Gasteiger partial charge is 0.461 e. The maximum absolute atomic E-state index is 12.8. The number of thiazole rings is 1. The Balaban J connectivity index is 1.68. The molecule has 0 unspecified atom stereocenters. The summed E-state index contributed by atoms with van der Waals surface area (Å²) in [5.74, 6) is 0.770. The minimum atomic E-state index is -0.267. The Bertz CT molecular complexity index is 1060. The molecule has 3 heterocycles. The Kier molecular flexibility index (Phi) is 4.44. The van der Waals surface area contributed by atoms with Crippen LogP contribution in [0.2, 0.25) is 0 Å². The number of thioether (sulfide) groups is 1. The van der Waals surface area contributed by atoms with Gasteiger partial charge in [-0.25, -0.2) is 15.0 Å². The molecule has 8 heteroatoms. The van der Waals surface area contributed by atoms with E-state index in [4.69, 9.17) is 4.42 Å². The summed E-state index contributed by atoms with van der Waals surface area (Å²) in [5, 5.41) is 4.02. The third-order valence-corrected chi connectivity index (χ3v) is 5.37. The first-order valence-electron chi connectivity index (χ1n) is 7.79. The van der Waals surface area contributed by atoms with Crippen molar-refractivity contribution in [2.45, 2.75) is 11.9 Å². The predicted molar refractivity (Wildman–Crippen MR) is 104 cm³/mol. The molecule has 0 saturated carbocycles. The van der Waals surface area contributed by atoms with Gasteiger partial charge in [-0.15, -0.1) is 11.8 Å². The van der Waals surface area contributed by atoms with Crippen LogP contribution in [0.4, 0.5) is 5.13 Å². The fraction of sp³-hybridized carbons (Fsp3) is 0.111. The van der Waals surface area contributed by atoms with Crippen molar-refractivity contribution in [2.75, 3.05) is 11.6 Å². The zero-order valence-electron chi connectivity index (χ0n) is 14.0. The Hall–Kier alpha value is -2.71. The van der Waals surface area contributed by atoms with Gasteiger partial charge in [0.05, 0.1) is 27.7 Å². The number of para-hydroxylation sites is 1. The quantitative estimate of drug-likeness (QED) is 0.409. The molecule has 1 amide bonds. The highest BCUT2D eigenvalue weighted by molar-refractivity contribution is 7.98. The number of fused-ring (bicyclic) bond motifs is 1. The van der Waals surface area contributed by atoms with Crippen LogP contribution in [0.3, 0.4) is 0 Å². The molecule has 0 aliphatic carbocycles. The Morgan fingerprint density at radius 1 is 1.15 bits per heavy atom. The first kappa shape index (κ1) is 16.7. The number of nitrogens with zero attached hydrogens (tertiary/aromatic N) is 3. The first-order chi connectivity index (χ1) is 12.7. The molecular weight excluding hydrogens is 368 g/mol. The molecule has 3 aromatic heterocycles. The van der Waals surface area contributed by atoms with Crippen molar-refractivity contribution in [3.05, 3.63) is 53.9 Å². The molecule has 0 spiro atoms. The van der Waals surface area contributed by atoms with Gasteiger partial charge in [-0.05, 0) is 37.4 Å². The maximum Gasteiger partial charge on any atom is 0.262 e. The summed E-state index contributed by atoms with van der Waals surface area (Å²) in [6, 6.07) is 11.3. The molecule has 26 heavy (non-hydrogen) atoms. The topological polar surface area (TPSA) is 80.9 Å². The van der Waals surface area contributed by atoms with E-state index in [9.17, 15) is 4.79 Å². The van der Waals surface area contributed by atoms with Crippen LogP contribution in [0, 0.1) is 6.92 Å². The van der Waals surface area contributed by atoms with E-state index in [1.165, 1.54) is 23.1 Å². The maximum atomic E-state index is 12.8. The summed E-state index contributed by atoms with van der Waals surface area (Å²) in [7, 11) is 0. The number of nitrogens with one attached hydrogen (secondary N) is 1. The molecular formula is C18H14N4O2S2. The molecule has 130 valence electrons. The van der Waals surface area contributed by atoms with E-state index < -0.39 is 0 Å². The number of furan rings is 1. The van der Waals surface area contributed by atoms with E-state index in [2.05, 4.69) is 20.3 Å². The monoisotopic (exact) mass is 382 g/mol. The molecule has 1 aromatic carbocycles. The Morgan fingerprint density at radius 2 is 2.00 bits per heavy atom. The van der Waals surface area contributed by atoms with Crippen LogP contribution in [0.25, 0.3) is 21.8 Å². The zero-order valence-corrected chi connectivity index (χ0v) is 15.6. The summed E-state index contributed by atoms with van der Waals surface area (Å²) in [6.45, 7) is 1.79. The van der Waals surface area contributed by atoms with Crippen LogP contribution in [0.5, 0.6) is 0 Å². The molecule has 0 aliphatic rings. The summed E-state index contributed by atoms with van der Waals surface area (Å²) >= 11 is 2.83. The number of rotatable bonds is 4. The molecule has 0 bridgehead atoms. The van der Waals surface area contributed by atoms with Gasteiger partial charge in [-0.3, -0.25) is 10.1 Å². The molecule has 0 radical (unpaired) electrons. The SMILES string of the molecule is CSc1nc(-c2ccco2)nc(C)c1C(=O)Nc1nc2ccccc2s1. The second-order valence-corrected chi connectivity index (χ2v) is 7.26. The fourth-order valence-electron chi connectivity index (χ4n) is 2.56. The molecule has 0 saturated heterocycles. The fourth-order valence-corrected chi connectivity index (χ4v) is 4.04. The third kappa shape index (κ3) is 3.09. The molecule has 4 aromatic rings. The van der Waals surface area contributed by atoms with Crippen molar-refractivity contribution < 1.29 is 9.21 Å². The average molecular weight is 382 g/mol. The average Bonchev–Trinajstić information content (AvgIpc) is 3.29. The lowest BCUT2D eigenvalue weighted by Gasteiger charge is -2.10. The predicted octanol–water partition coefficient (Wildman–Crippen LogP) is 4.63. The molecule has 0 aliphatic heterocycles. The Labute approximate surface area is 157 Å². The van der Waals surface area contributed by atoms with Gasteiger partial charge in [0.1, 0.15) is 5.03 Å². The van der Waals surface area contributed by atoms with Gasteiger partial charge in [0, 0.05) is 0 Å². The number of aromatic nitrogens is 3. The van der Waals surface area contributed by atoms with Crippen LogP contribution < -0.4 is 5.32 Å². The first-order valence-corrected chi connectivity index (χ1v) is 9.83. The highest BCUT2D eigenvalue weighted by Gasteiger charge is 2.21. The lowest BCUT2D eigenvalue weighted by molar-refractivity contribution is 0.102. The van der Waals surface area contributed by atoms with E-state index in [1.54, 1.807) is 25.3 Å². The molecule has 1 N–H and O–H groups in total. The van der Waals surface area contributed by atoms with Crippen molar-refractivity contribution in [1.29, 1.82) is 0 Å². The number of carbonyl (C=O) groups excluding carboxylic acids is 1. The van der Waals surface area contributed by atoms with E-state index >= 15 is 0 Å². The lowest BCUT2D eigenvalue weighted by atomic mass is 10.2. The van der Waals surface area contributed by atoms with Gasteiger partial charge in [-0.1, -0.05) is 23.5 Å². The second kappa shape index (κ2) is 6.89. The van der Waals surface area contributed by atoms with Gasteiger partial charge in [0.25, 0.3) is 5.91 Å². The number of carbonyl (C=O) groups is 1. The summed E-state index contributed by atoms with van der Waals surface area (Å²) in [4.78, 5) is 26.2. The molecule has 4 rings (SSSR count). The molecule has 0 atom stereocenters. The van der Waals surface area contributed by atoms with Crippen molar-refractivity contribution in [3.8, 4) is 11.6 Å². The second-order valence-electron chi connectivity index (χ2n) is 5.44. The summed E-state index contributed by atoms with van der Waals surface area (Å²) < 4.78 is 6.38. The van der Waals surface area contributed by atoms with Gasteiger partial charge >= 0.3 is 0 Å². The number of hydrogen-bond donors (Lipinski definition) is 1. The van der Waals surface area contributed by atoms with Crippen molar-refractivity contribution in [1.82, 2.24) is 15.0 Å². The van der Waals surface area contributed by atoms with Crippen molar-refractivity contribution in [3.63, 3.8) is 0 Å². The van der Waals surface area contributed by atoms with Crippen LogP contribution in [-0.4, -0.2) is 27.1 Å². The third-order valence-electron chi connectivity index (χ3n) is 3.73. The molecule has 0 fully saturated rings. The highest BCUT2D eigenvalue weighted by Crippen LogP contribution is 2.28. The van der Waals surface area contributed by atoms with Crippen LogP contribution in [-0.2, 0) is 0 Å². The van der Waals surface area contributed by atoms with E-state index in [-0.39, 0.29) is 5.91 Å². The van der Waals surface area contributed by atoms with Crippen molar-refractivity contribution >= 4 is 44.4 Å². The number of aryl methyl sites for hydroxylation is 1. The lowest BCUT2D eigenvalue weighted by Crippen LogP contribution is -2.16. The van der Waals surface area contributed by atoms with Crippen LogP contribution in [0.1, 0.15) is 16.1 Å². The molecule has 6 nitrogen and oxygen atoms in total. The minimum absolute atomic E-state index is 0.267. The zero-order chi connectivity index (χ0) is 18.1. The van der Waals surface area contributed by atoms with Crippen LogP contribution in [0.15, 0.2) is 52.1 Å². The van der Waals surface area contributed by atoms with Crippen LogP contribution >= 0.6 is 23.1 Å². The number of benzene rings is 1. The minimum Gasteiger partial charge on any atom is -0.461 e. The van der Waals surface area contributed by atoms with Gasteiger partial charge in [-0.2, -0.15) is 0 Å². The highest BCUT2D eigenvalue weighted by atomic mass is 32.2. The smallest absolute Gasteiger partial charge is 0.262 e. The van der Waals surface area contributed by atoms with Gasteiger partial charge in [0.2, 0.25) is 0 Å².